The molecule has 5 heteroatoms. The van der Waals surface area contributed by atoms with Gasteiger partial charge in [0.25, 0.3) is 5.91 Å². The fraction of sp³-hybridized carbons (Fsp3) is 0.188. The number of pyridine rings is 1. The Kier molecular flexibility index (Phi) is 5.04. The number of aromatic nitrogens is 1. The lowest BCUT2D eigenvalue weighted by atomic mass is 10.3. The molecule has 0 aliphatic heterocycles. The first kappa shape index (κ1) is 14.7. The molecule has 0 fully saturated rings. The van der Waals surface area contributed by atoms with Crippen LogP contribution in [-0.2, 0) is 9.53 Å². The maximum atomic E-state index is 12.1. The van der Waals surface area contributed by atoms with Crippen LogP contribution in [0, 0.1) is 0 Å². The minimum Gasteiger partial charge on any atom is -0.452 e. The molecule has 0 bridgehead atoms. The lowest BCUT2D eigenvalue weighted by molar-refractivity contribution is -0.121. The molecule has 1 amide bonds. The largest absolute Gasteiger partial charge is 0.452 e. The summed E-state index contributed by atoms with van der Waals surface area (Å²) in [6, 6.07) is 12.5. The molecular formula is C16H16N2O3. The number of carbonyl (C=O) groups is 2. The van der Waals surface area contributed by atoms with Gasteiger partial charge in [0.1, 0.15) is 0 Å². The van der Waals surface area contributed by atoms with Gasteiger partial charge in [-0.25, -0.2) is 4.79 Å². The van der Waals surface area contributed by atoms with Gasteiger partial charge in [-0.15, -0.1) is 0 Å². The Morgan fingerprint density at radius 2 is 1.90 bits per heavy atom. The van der Waals surface area contributed by atoms with Gasteiger partial charge in [-0.3, -0.25) is 9.78 Å². The number of esters is 1. The van der Waals surface area contributed by atoms with Crippen LogP contribution in [0.5, 0.6) is 0 Å². The third kappa shape index (κ3) is 3.89. The Labute approximate surface area is 123 Å². The second-order valence-corrected chi connectivity index (χ2v) is 4.29. The van der Waals surface area contributed by atoms with E-state index in [1.165, 1.54) is 6.20 Å². The van der Waals surface area contributed by atoms with Gasteiger partial charge >= 0.3 is 5.97 Å². The lowest BCUT2D eigenvalue weighted by Gasteiger charge is -2.20. The normalized spacial score (nSPS) is 9.95. The highest BCUT2D eigenvalue weighted by molar-refractivity contribution is 5.96. The van der Waals surface area contributed by atoms with Crippen molar-refractivity contribution in [3.8, 4) is 0 Å². The van der Waals surface area contributed by atoms with E-state index < -0.39 is 5.97 Å². The molecule has 2 aromatic rings. The molecular weight excluding hydrogens is 268 g/mol. The molecule has 5 nitrogen and oxygen atoms in total. The number of hydrogen-bond donors (Lipinski definition) is 0. The van der Waals surface area contributed by atoms with Crippen LogP contribution < -0.4 is 4.90 Å². The molecule has 0 atom stereocenters. The van der Waals surface area contributed by atoms with Crippen LogP contribution in [0.4, 0.5) is 5.69 Å². The quantitative estimate of drug-likeness (QED) is 0.790. The minimum atomic E-state index is -0.555. The molecule has 0 saturated carbocycles. The van der Waals surface area contributed by atoms with E-state index in [1.54, 1.807) is 23.2 Å². The van der Waals surface area contributed by atoms with E-state index in [0.29, 0.717) is 12.1 Å². The van der Waals surface area contributed by atoms with Crippen LogP contribution >= 0.6 is 0 Å². The SMILES string of the molecule is CCN(C(=O)COC(=O)c1cccnc1)c1ccccc1. The minimum absolute atomic E-state index is 0.263. The van der Waals surface area contributed by atoms with E-state index in [-0.39, 0.29) is 12.5 Å². The number of benzene rings is 1. The molecule has 0 spiro atoms. The average Bonchev–Trinajstić information content (AvgIpc) is 2.55. The summed E-state index contributed by atoms with van der Waals surface area (Å²) < 4.78 is 5.02. The van der Waals surface area contributed by atoms with Crippen LogP contribution in [0.25, 0.3) is 0 Å². The van der Waals surface area contributed by atoms with Gasteiger partial charge in [0, 0.05) is 24.6 Å². The summed E-state index contributed by atoms with van der Waals surface area (Å²) in [6.07, 6.45) is 2.97. The van der Waals surface area contributed by atoms with Crippen LogP contribution in [0.2, 0.25) is 0 Å². The topological polar surface area (TPSA) is 59.5 Å². The van der Waals surface area contributed by atoms with Gasteiger partial charge in [-0.1, -0.05) is 18.2 Å². The Balaban J connectivity index is 1.96. The average molecular weight is 284 g/mol. The zero-order chi connectivity index (χ0) is 15.1. The highest BCUT2D eigenvalue weighted by atomic mass is 16.5. The molecule has 0 saturated heterocycles. The van der Waals surface area contributed by atoms with Crippen molar-refractivity contribution in [2.75, 3.05) is 18.1 Å². The zero-order valence-corrected chi connectivity index (χ0v) is 11.7. The van der Waals surface area contributed by atoms with Crippen molar-refractivity contribution in [2.24, 2.45) is 0 Å². The first-order valence-electron chi connectivity index (χ1n) is 6.65. The predicted molar refractivity (Wildman–Crippen MR) is 79.0 cm³/mol. The fourth-order valence-electron chi connectivity index (χ4n) is 1.88. The van der Waals surface area contributed by atoms with E-state index >= 15 is 0 Å². The summed E-state index contributed by atoms with van der Waals surface area (Å²) in [5.74, 6) is -0.818. The van der Waals surface area contributed by atoms with Crippen molar-refractivity contribution in [3.63, 3.8) is 0 Å². The second kappa shape index (κ2) is 7.19. The highest BCUT2D eigenvalue weighted by Gasteiger charge is 2.16. The molecule has 0 radical (unpaired) electrons. The van der Waals surface area contributed by atoms with E-state index in [9.17, 15) is 9.59 Å². The number of amides is 1. The number of hydrogen-bond acceptors (Lipinski definition) is 4. The van der Waals surface area contributed by atoms with E-state index in [0.717, 1.165) is 5.69 Å². The number of carbonyl (C=O) groups excluding carboxylic acids is 2. The summed E-state index contributed by atoms with van der Waals surface area (Å²) in [7, 11) is 0. The van der Waals surface area contributed by atoms with Gasteiger partial charge in [-0.05, 0) is 31.2 Å². The van der Waals surface area contributed by atoms with Crippen LogP contribution in [0.15, 0.2) is 54.9 Å². The number of para-hydroxylation sites is 1. The first-order chi connectivity index (χ1) is 10.2. The second-order valence-electron chi connectivity index (χ2n) is 4.29. The van der Waals surface area contributed by atoms with Crippen molar-refractivity contribution in [1.29, 1.82) is 0 Å². The van der Waals surface area contributed by atoms with Crippen molar-refractivity contribution in [3.05, 3.63) is 60.4 Å². The molecule has 2 rings (SSSR count). The molecule has 21 heavy (non-hydrogen) atoms. The standard InChI is InChI=1S/C16H16N2O3/c1-2-18(14-8-4-3-5-9-14)15(19)12-21-16(20)13-7-6-10-17-11-13/h3-11H,2,12H2,1H3. The van der Waals surface area contributed by atoms with E-state index in [4.69, 9.17) is 4.74 Å². The third-order valence-electron chi connectivity index (χ3n) is 2.91. The maximum Gasteiger partial charge on any atom is 0.340 e. The van der Waals surface area contributed by atoms with Crippen LogP contribution in [0.1, 0.15) is 17.3 Å². The Morgan fingerprint density at radius 1 is 1.14 bits per heavy atom. The number of ether oxygens (including phenoxy) is 1. The van der Waals surface area contributed by atoms with Crippen molar-refractivity contribution in [1.82, 2.24) is 4.98 Å². The summed E-state index contributed by atoms with van der Waals surface area (Å²) in [5.41, 5.74) is 1.11. The van der Waals surface area contributed by atoms with Gasteiger partial charge in [0.05, 0.1) is 5.56 Å². The molecule has 0 aliphatic rings. The highest BCUT2D eigenvalue weighted by Crippen LogP contribution is 2.13. The molecule has 0 unspecified atom stereocenters. The summed E-state index contributed by atoms with van der Waals surface area (Å²) in [5, 5.41) is 0. The molecule has 1 heterocycles. The van der Waals surface area contributed by atoms with Gasteiger partial charge in [-0.2, -0.15) is 0 Å². The molecule has 108 valence electrons. The van der Waals surface area contributed by atoms with E-state index in [1.807, 2.05) is 37.3 Å². The molecule has 1 aromatic heterocycles. The van der Waals surface area contributed by atoms with Crippen LogP contribution in [-0.4, -0.2) is 30.0 Å². The Hall–Kier alpha value is -2.69. The molecule has 0 N–H and O–H groups in total. The first-order valence-corrected chi connectivity index (χ1v) is 6.65. The Bertz CT molecular complexity index is 599. The molecule has 0 aliphatic carbocycles. The lowest BCUT2D eigenvalue weighted by Crippen LogP contribution is -2.34. The number of rotatable bonds is 5. The van der Waals surface area contributed by atoms with Gasteiger partial charge in [0.15, 0.2) is 6.61 Å². The molecule has 1 aromatic carbocycles. The number of nitrogens with zero attached hydrogens (tertiary/aromatic N) is 2. The van der Waals surface area contributed by atoms with Gasteiger partial charge < -0.3 is 9.64 Å². The Morgan fingerprint density at radius 3 is 2.52 bits per heavy atom. The number of likely N-dealkylation sites (N-methyl/N-ethyl adjacent to an activating group) is 1. The van der Waals surface area contributed by atoms with E-state index in [2.05, 4.69) is 4.98 Å². The third-order valence-corrected chi connectivity index (χ3v) is 2.91. The smallest absolute Gasteiger partial charge is 0.340 e. The maximum absolute atomic E-state index is 12.1. The summed E-state index contributed by atoms with van der Waals surface area (Å²) in [6.45, 7) is 2.08. The fourth-order valence-corrected chi connectivity index (χ4v) is 1.88. The predicted octanol–water partition coefficient (Wildman–Crippen LogP) is 2.29. The summed E-state index contributed by atoms with van der Waals surface area (Å²) in [4.78, 5) is 29.3. The number of anilines is 1. The van der Waals surface area contributed by atoms with Gasteiger partial charge in [0.2, 0.25) is 0 Å². The summed E-state index contributed by atoms with van der Waals surface area (Å²) >= 11 is 0. The zero-order valence-electron chi connectivity index (χ0n) is 11.7. The van der Waals surface area contributed by atoms with Crippen molar-refractivity contribution >= 4 is 17.6 Å². The monoisotopic (exact) mass is 284 g/mol. The van der Waals surface area contributed by atoms with Crippen molar-refractivity contribution in [2.45, 2.75) is 6.92 Å². The van der Waals surface area contributed by atoms with Crippen LogP contribution in [0.3, 0.4) is 0 Å². The van der Waals surface area contributed by atoms with Crippen molar-refractivity contribution < 1.29 is 14.3 Å².